The van der Waals surface area contributed by atoms with E-state index in [1.165, 1.54) is 11.3 Å². The molecule has 118 valence electrons. The highest BCUT2D eigenvalue weighted by molar-refractivity contribution is 9.10. The average Bonchev–Trinajstić information content (AvgIpc) is 3.07. The summed E-state index contributed by atoms with van der Waals surface area (Å²) in [7, 11) is 0. The number of aryl methyl sites for hydroxylation is 1. The molecule has 0 unspecified atom stereocenters. The second-order valence-corrected chi connectivity index (χ2v) is 6.87. The third kappa shape index (κ3) is 2.73. The minimum absolute atomic E-state index is 0.0140. The van der Waals surface area contributed by atoms with E-state index in [9.17, 15) is 20.2 Å². The Labute approximate surface area is 142 Å². The standard InChI is InChI=1S/C13H10BrN5O3S/c14-9-10(17-18-11(9)19(21)22)12(20)16-13-7(5-15)6-3-1-2-4-8(6)23-13/h1-4H2,(H,16,20)(H,17,18). The zero-order chi connectivity index (χ0) is 16.6. The molecule has 0 aromatic carbocycles. The smallest absolute Gasteiger partial charge is 0.357 e. The Kier molecular flexibility index (Phi) is 4.14. The molecule has 1 aliphatic carbocycles. The minimum Gasteiger partial charge on any atom is -0.358 e. The molecule has 23 heavy (non-hydrogen) atoms. The van der Waals surface area contributed by atoms with Gasteiger partial charge in [-0.1, -0.05) is 5.10 Å². The van der Waals surface area contributed by atoms with Gasteiger partial charge in [-0.25, -0.2) is 0 Å². The lowest BCUT2D eigenvalue weighted by Gasteiger charge is -2.09. The summed E-state index contributed by atoms with van der Waals surface area (Å²) < 4.78 is -0.0140. The second-order valence-electron chi connectivity index (χ2n) is 4.97. The molecular weight excluding hydrogens is 386 g/mol. The molecular formula is C13H10BrN5O3S. The third-order valence-corrected chi connectivity index (χ3v) is 5.56. The van der Waals surface area contributed by atoms with Gasteiger partial charge in [0.2, 0.25) is 0 Å². The molecule has 1 amide bonds. The number of H-pyrrole nitrogens is 1. The zero-order valence-corrected chi connectivity index (χ0v) is 14.1. The molecule has 10 heteroatoms. The van der Waals surface area contributed by atoms with Gasteiger partial charge in [0, 0.05) is 4.88 Å². The van der Waals surface area contributed by atoms with Gasteiger partial charge in [-0.2, -0.15) is 5.26 Å². The second kappa shape index (κ2) is 6.10. The van der Waals surface area contributed by atoms with Crippen LogP contribution in [0.1, 0.15) is 39.3 Å². The van der Waals surface area contributed by atoms with E-state index < -0.39 is 10.8 Å². The number of nitro groups is 1. The van der Waals surface area contributed by atoms with Gasteiger partial charge in [0.25, 0.3) is 5.91 Å². The fourth-order valence-electron chi connectivity index (χ4n) is 2.53. The number of hydrogen-bond donors (Lipinski definition) is 2. The van der Waals surface area contributed by atoms with Crippen molar-refractivity contribution >= 4 is 44.0 Å². The molecule has 1 aliphatic rings. The predicted molar refractivity (Wildman–Crippen MR) is 86.6 cm³/mol. The van der Waals surface area contributed by atoms with Gasteiger partial charge in [0.05, 0.1) is 5.56 Å². The number of halogens is 1. The number of nitriles is 1. The molecule has 0 saturated heterocycles. The van der Waals surface area contributed by atoms with E-state index in [1.807, 2.05) is 0 Å². The first-order valence-electron chi connectivity index (χ1n) is 6.77. The van der Waals surface area contributed by atoms with Crippen molar-refractivity contribution in [1.29, 1.82) is 5.26 Å². The molecule has 2 heterocycles. The number of amides is 1. The monoisotopic (exact) mass is 395 g/mol. The number of rotatable bonds is 3. The molecule has 0 saturated carbocycles. The van der Waals surface area contributed by atoms with Gasteiger partial charge in [-0.15, -0.1) is 16.4 Å². The molecule has 0 bridgehead atoms. The lowest BCUT2D eigenvalue weighted by atomic mass is 9.96. The van der Waals surface area contributed by atoms with E-state index >= 15 is 0 Å². The number of aromatic amines is 1. The van der Waals surface area contributed by atoms with Crippen LogP contribution < -0.4 is 5.32 Å². The van der Waals surface area contributed by atoms with E-state index in [4.69, 9.17) is 0 Å². The molecule has 8 nitrogen and oxygen atoms in total. The predicted octanol–water partition coefficient (Wildman–Crippen LogP) is 3.14. The molecule has 3 rings (SSSR count). The summed E-state index contributed by atoms with van der Waals surface area (Å²) in [6.45, 7) is 0. The Balaban J connectivity index is 1.91. The largest absolute Gasteiger partial charge is 0.358 e. The van der Waals surface area contributed by atoms with Crippen molar-refractivity contribution in [3.05, 3.63) is 36.3 Å². The first kappa shape index (κ1) is 15.6. The first-order valence-corrected chi connectivity index (χ1v) is 8.38. The molecule has 0 fully saturated rings. The number of nitrogens with one attached hydrogen (secondary N) is 2. The normalized spacial score (nSPS) is 13.2. The van der Waals surface area contributed by atoms with Gasteiger partial charge < -0.3 is 15.4 Å². The van der Waals surface area contributed by atoms with E-state index in [0.29, 0.717) is 10.6 Å². The number of thiophene rings is 1. The lowest BCUT2D eigenvalue weighted by molar-refractivity contribution is -0.390. The number of nitrogens with zero attached hydrogens (tertiary/aromatic N) is 3. The zero-order valence-electron chi connectivity index (χ0n) is 11.7. The number of aromatic nitrogens is 2. The van der Waals surface area contributed by atoms with Gasteiger partial charge in [0.1, 0.15) is 15.5 Å². The third-order valence-electron chi connectivity index (χ3n) is 3.60. The molecule has 0 aliphatic heterocycles. The lowest BCUT2D eigenvalue weighted by Crippen LogP contribution is -2.13. The van der Waals surface area contributed by atoms with Gasteiger partial charge in [-0.05, 0) is 52.1 Å². The molecule has 0 spiro atoms. The summed E-state index contributed by atoms with van der Waals surface area (Å²) in [6, 6.07) is 2.15. The molecule has 0 radical (unpaired) electrons. The summed E-state index contributed by atoms with van der Waals surface area (Å²) in [5, 5.41) is 29.1. The summed E-state index contributed by atoms with van der Waals surface area (Å²) in [4.78, 5) is 23.5. The number of carbonyl (C=O) groups is 1. The minimum atomic E-state index is -0.668. The van der Waals surface area contributed by atoms with Gasteiger partial charge in [-0.3, -0.25) is 4.79 Å². The molecule has 2 N–H and O–H groups in total. The Bertz CT molecular complexity index is 851. The van der Waals surface area contributed by atoms with Gasteiger partial charge >= 0.3 is 5.82 Å². The molecule has 2 aromatic heterocycles. The Morgan fingerprint density at radius 2 is 2.22 bits per heavy atom. The van der Waals surface area contributed by atoms with E-state index in [1.54, 1.807) is 0 Å². The SMILES string of the molecule is N#Cc1c(NC(=O)c2n[nH]c([N+](=O)[O-])c2Br)sc2c1CCCC2. The maximum Gasteiger partial charge on any atom is 0.357 e. The van der Waals surface area contributed by atoms with Crippen LogP contribution in [0, 0.1) is 21.4 Å². The van der Waals surface area contributed by atoms with Crippen LogP contribution >= 0.6 is 27.3 Å². The van der Waals surface area contributed by atoms with Crippen LogP contribution in [-0.2, 0) is 12.8 Å². The maximum atomic E-state index is 12.3. The van der Waals surface area contributed by atoms with Crippen molar-refractivity contribution in [2.24, 2.45) is 0 Å². The number of hydrogen-bond acceptors (Lipinski definition) is 6. The Hall–Kier alpha value is -2.25. The number of anilines is 1. The van der Waals surface area contributed by atoms with Crippen molar-refractivity contribution in [2.75, 3.05) is 5.32 Å². The van der Waals surface area contributed by atoms with Crippen LogP contribution in [0.3, 0.4) is 0 Å². The quantitative estimate of drug-likeness (QED) is 0.609. The van der Waals surface area contributed by atoms with Crippen LogP contribution in [0.5, 0.6) is 0 Å². The molecule has 0 atom stereocenters. The maximum absolute atomic E-state index is 12.3. The highest BCUT2D eigenvalue weighted by atomic mass is 79.9. The van der Waals surface area contributed by atoms with Crippen molar-refractivity contribution < 1.29 is 9.72 Å². The fraction of sp³-hybridized carbons (Fsp3) is 0.308. The van der Waals surface area contributed by atoms with Crippen molar-refractivity contribution in [2.45, 2.75) is 25.7 Å². The van der Waals surface area contributed by atoms with Crippen molar-refractivity contribution in [3.8, 4) is 6.07 Å². The van der Waals surface area contributed by atoms with Crippen molar-refractivity contribution in [3.63, 3.8) is 0 Å². The van der Waals surface area contributed by atoms with Crippen LogP contribution in [0.2, 0.25) is 0 Å². The fourth-order valence-corrected chi connectivity index (χ4v) is 4.26. The van der Waals surface area contributed by atoms with E-state index in [-0.39, 0.29) is 16.0 Å². The van der Waals surface area contributed by atoms with E-state index in [2.05, 4.69) is 37.5 Å². The summed E-state index contributed by atoms with van der Waals surface area (Å²) in [5.41, 5.74) is 1.37. The summed E-state index contributed by atoms with van der Waals surface area (Å²) in [5.74, 6) is -0.988. The van der Waals surface area contributed by atoms with E-state index in [0.717, 1.165) is 36.1 Å². The number of fused-ring (bicyclic) bond motifs is 1. The highest BCUT2D eigenvalue weighted by Gasteiger charge is 2.27. The van der Waals surface area contributed by atoms with Crippen LogP contribution in [-0.4, -0.2) is 21.0 Å². The highest BCUT2D eigenvalue weighted by Crippen LogP contribution is 2.38. The van der Waals surface area contributed by atoms with Crippen molar-refractivity contribution in [1.82, 2.24) is 10.2 Å². The average molecular weight is 396 g/mol. The first-order chi connectivity index (χ1) is 11.0. The van der Waals surface area contributed by atoms with Gasteiger partial charge in [0.15, 0.2) is 5.69 Å². The summed E-state index contributed by atoms with van der Waals surface area (Å²) in [6.07, 6.45) is 3.84. The van der Waals surface area contributed by atoms with Crippen LogP contribution in [0.25, 0.3) is 0 Å². The Morgan fingerprint density at radius 1 is 1.48 bits per heavy atom. The number of carbonyl (C=O) groups excluding carboxylic acids is 1. The van der Waals surface area contributed by atoms with Crippen LogP contribution in [0.4, 0.5) is 10.8 Å². The summed E-state index contributed by atoms with van der Waals surface area (Å²) >= 11 is 4.39. The van der Waals surface area contributed by atoms with Crippen LogP contribution in [0.15, 0.2) is 4.47 Å². The Morgan fingerprint density at radius 3 is 2.87 bits per heavy atom. The topological polar surface area (TPSA) is 125 Å². The molecule has 2 aromatic rings.